The Morgan fingerprint density at radius 3 is 2.84 bits per heavy atom. The summed E-state index contributed by atoms with van der Waals surface area (Å²) in [5.41, 5.74) is 1.97. The summed E-state index contributed by atoms with van der Waals surface area (Å²) < 4.78 is 7.19. The van der Waals surface area contributed by atoms with Crippen molar-refractivity contribution in [3.05, 3.63) is 54.9 Å². The quantitative estimate of drug-likeness (QED) is 0.618. The predicted molar refractivity (Wildman–Crippen MR) is 89.2 cm³/mol. The van der Waals surface area contributed by atoms with E-state index in [2.05, 4.69) is 39.4 Å². The number of fused-ring (bicyclic) bond motifs is 1. The molecule has 5 heteroatoms. The Kier molecular flexibility index (Phi) is 3.84. The fourth-order valence-electron chi connectivity index (χ4n) is 2.14. The van der Waals surface area contributed by atoms with Crippen LogP contribution in [0.25, 0.3) is 11.0 Å². The van der Waals surface area contributed by atoms with Gasteiger partial charge in [-0.1, -0.05) is 23.7 Å². The van der Waals surface area contributed by atoms with Crippen LogP contribution < -0.4 is 5.32 Å². The molecule has 0 radical (unpaired) electrons. The number of hydrogen-bond acceptors (Lipinski definition) is 3. The third kappa shape index (κ3) is 2.54. The molecule has 1 unspecified atom stereocenters. The normalized spacial score (nSPS) is 13.0. The average Bonchev–Trinajstić information content (AvgIpc) is 2.98. The molecule has 1 aromatic carbocycles. The topological polar surface area (TPSA) is 25.2 Å². The molecular weight excluding hydrogens is 393 g/mol. The smallest absolute Gasteiger partial charge is 0.152 e. The second-order valence-electron chi connectivity index (χ2n) is 4.21. The number of nitrogens with one attached hydrogen (secondary N) is 1. The molecule has 0 aliphatic carbocycles. The molecule has 3 rings (SSSR count). The van der Waals surface area contributed by atoms with E-state index in [-0.39, 0.29) is 6.04 Å². The molecule has 0 saturated carbocycles. The molecule has 1 N–H and O–H groups in total. The van der Waals surface area contributed by atoms with E-state index in [1.54, 1.807) is 11.3 Å². The van der Waals surface area contributed by atoms with Crippen molar-refractivity contribution < 1.29 is 4.42 Å². The van der Waals surface area contributed by atoms with Crippen molar-refractivity contribution in [3.8, 4) is 0 Å². The lowest BCUT2D eigenvalue weighted by Crippen LogP contribution is -2.16. The van der Waals surface area contributed by atoms with Crippen molar-refractivity contribution in [1.29, 1.82) is 0 Å². The van der Waals surface area contributed by atoms with Crippen LogP contribution in [0.4, 0.5) is 0 Å². The van der Waals surface area contributed by atoms with Crippen molar-refractivity contribution in [3.63, 3.8) is 0 Å². The largest absolute Gasteiger partial charge is 0.457 e. The summed E-state index contributed by atoms with van der Waals surface area (Å²) in [5, 5.41) is 7.13. The monoisotopic (exact) mass is 403 g/mol. The van der Waals surface area contributed by atoms with Crippen LogP contribution in [0.1, 0.15) is 17.4 Å². The highest BCUT2D eigenvalue weighted by Gasteiger charge is 2.18. The molecule has 2 nitrogen and oxygen atoms in total. The average molecular weight is 404 g/mol. The molecule has 2 aromatic heterocycles. The van der Waals surface area contributed by atoms with Crippen molar-refractivity contribution >= 4 is 56.5 Å². The molecule has 98 valence electrons. The predicted octanol–water partition coefficient (Wildman–Crippen LogP) is 5.06. The summed E-state index contributed by atoms with van der Waals surface area (Å²) in [6.07, 6.45) is 0. The van der Waals surface area contributed by atoms with Crippen LogP contribution in [0.3, 0.4) is 0 Å². The molecule has 0 aliphatic heterocycles. The standard InChI is InChI=1S/C14H11ClINOS/c1-17-13(9-6-12(16)19-7-9)11-5-8-3-2-4-10(15)14(8)18-11/h2-7,13,17H,1H3. The van der Waals surface area contributed by atoms with E-state index in [9.17, 15) is 0 Å². The lowest BCUT2D eigenvalue weighted by atomic mass is 10.1. The number of halogens is 2. The number of furan rings is 1. The van der Waals surface area contributed by atoms with Gasteiger partial charge in [-0.05, 0) is 58.8 Å². The minimum absolute atomic E-state index is 0.0585. The van der Waals surface area contributed by atoms with E-state index in [0.29, 0.717) is 5.02 Å². The highest BCUT2D eigenvalue weighted by Crippen LogP contribution is 2.33. The molecule has 0 amide bonds. The van der Waals surface area contributed by atoms with Gasteiger partial charge in [0.05, 0.1) is 13.9 Å². The zero-order valence-corrected chi connectivity index (χ0v) is 13.8. The molecular formula is C14H11ClINOS. The first-order chi connectivity index (χ1) is 9.19. The van der Waals surface area contributed by atoms with Gasteiger partial charge in [-0.25, -0.2) is 0 Å². The van der Waals surface area contributed by atoms with Gasteiger partial charge < -0.3 is 9.73 Å². The number of para-hydroxylation sites is 1. The Morgan fingerprint density at radius 1 is 1.37 bits per heavy atom. The number of thiophene rings is 1. The van der Waals surface area contributed by atoms with Gasteiger partial charge in [-0.3, -0.25) is 0 Å². The molecule has 0 aliphatic rings. The molecule has 0 spiro atoms. The number of hydrogen-bond donors (Lipinski definition) is 1. The lowest BCUT2D eigenvalue weighted by molar-refractivity contribution is 0.492. The molecule has 3 aromatic rings. The minimum Gasteiger partial charge on any atom is -0.457 e. The van der Waals surface area contributed by atoms with E-state index in [1.807, 2.05) is 31.3 Å². The molecule has 2 heterocycles. The first kappa shape index (κ1) is 13.4. The van der Waals surface area contributed by atoms with Crippen molar-refractivity contribution in [2.45, 2.75) is 6.04 Å². The maximum Gasteiger partial charge on any atom is 0.152 e. The van der Waals surface area contributed by atoms with Crippen LogP contribution in [0, 0.1) is 2.88 Å². The summed E-state index contributed by atoms with van der Waals surface area (Å²) in [6, 6.07) is 10.1. The third-order valence-corrected chi connectivity index (χ3v) is 5.11. The van der Waals surface area contributed by atoms with Crippen LogP contribution in [0.15, 0.2) is 40.1 Å². The SMILES string of the molecule is CNC(c1csc(I)c1)c1cc2cccc(Cl)c2o1. The Bertz CT molecular complexity index is 721. The first-order valence-electron chi connectivity index (χ1n) is 5.78. The van der Waals surface area contributed by atoms with Gasteiger partial charge in [-0.15, -0.1) is 11.3 Å². The van der Waals surface area contributed by atoms with Crippen molar-refractivity contribution in [2.75, 3.05) is 7.05 Å². The Morgan fingerprint density at radius 2 is 2.21 bits per heavy atom. The van der Waals surface area contributed by atoms with Crippen LogP contribution in [-0.4, -0.2) is 7.05 Å². The Labute approximate surface area is 133 Å². The van der Waals surface area contributed by atoms with Crippen LogP contribution in [0.2, 0.25) is 5.02 Å². The summed E-state index contributed by atoms with van der Waals surface area (Å²) >= 11 is 10.2. The Hall–Kier alpha value is -0.560. The van der Waals surface area contributed by atoms with Crippen molar-refractivity contribution in [1.82, 2.24) is 5.32 Å². The molecule has 0 saturated heterocycles. The summed E-state index contributed by atoms with van der Waals surface area (Å²) in [5.74, 6) is 0.889. The zero-order chi connectivity index (χ0) is 13.4. The lowest BCUT2D eigenvalue weighted by Gasteiger charge is -2.11. The summed E-state index contributed by atoms with van der Waals surface area (Å²) in [4.78, 5) is 0. The van der Waals surface area contributed by atoms with Crippen LogP contribution in [-0.2, 0) is 0 Å². The highest BCUT2D eigenvalue weighted by atomic mass is 127. The van der Waals surface area contributed by atoms with Gasteiger partial charge in [0, 0.05) is 5.39 Å². The zero-order valence-electron chi connectivity index (χ0n) is 10.1. The summed E-state index contributed by atoms with van der Waals surface area (Å²) in [6.45, 7) is 0. The second kappa shape index (κ2) is 5.44. The third-order valence-electron chi connectivity index (χ3n) is 3.01. The molecule has 0 fully saturated rings. The van der Waals surface area contributed by atoms with Gasteiger partial charge in [0.2, 0.25) is 0 Å². The van der Waals surface area contributed by atoms with Crippen LogP contribution in [0.5, 0.6) is 0 Å². The Balaban J connectivity index is 2.09. The van der Waals surface area contributed by atoms with Gasteiger partial charge >= 0.3 is 0 Å². The van der Waals surface area contributed by atoms with E-state index in [1.165, 1.54) is 8.45 Å². The van der Waals surface area contributed by atoms with Gasteiger partial charge in [-0.2, -0.15) is 0 Å². The highest BCUT2D eigenvalue weighted by molar-refractivity contribution is 14.1. The summed E-state index contributed by atoms with van der Waals surface area (Å²) in [7, 11) is 1.93. The maximum absolute atomic E-state index is 6.16. The van der Waals surface area contributed by atoms with Gasteiger partial charge in [0.15, 0.2) is 5.58 Å². The van der Waals surface area contributed by atoms with Gasteiger partial charge in [0.25, 0.3) is 0 Å². The number of benzene rings is 1. The minimum atomic E-state index is 0.0585. The molecule has 1 atom stereocenters. The fraction of sp³-hybridized carbons (Fsp3) is 0.143. The molecule has 19 heavy (non-hydrogen) atoms. The second-order valence-corrected chi connectivity index (χ2v) is 7.43. The fourth-order valence-corrected chi connectivity index (χ4v) is 3.76. The van der Waals surface area contributed by atoms with E-state index >= 15 is 0 Å². The van der Waals surface area contributed by atoms with Crippen LogP contribution >= 0.6 is 45.5 Å². The molecule has 0 bridgehead atoms. The van der Waals surface area contributed by atoms with E-state index in [0.717, 1.165) is 16.7 Å². The first-order valence-corrected chi connectivity index (χ1v) is 8.12. The van der Waals surface area contributed by atoms with Gasteiger partial charge in [0.1, 0.15) is 5.76 Å². The van der Waals surface area contributed by atoms with Crippen molar-refractivity contribution in [2.24, 2.45) is 0 Å². The van der Waals surface area contributed by atoms with E-state index < -0.39 is 0 Å². The van der Waals surface area contributed by atoms with E-state index in [4.69, 9.17) is 16.0 Å². The maximum atomic E-state index is 6.16. The number of rotatable bonds is 3.